The van der Waals surface area contributed by atoms with E-state index in [1.807, 2.05) is 0 Å². The van der Waals surface area contributed by atoms with Gasteiger partial charge in [0, 0.05) is 0 Å². The van der Waals surface area contributed by atoms with E-state index in [4.69, 9.17) is 14.2 Å². The van der Waals surface area contributed by atoms with Crippen LogP contribution in [-0.2, 0) is 19.0 Å². The molecule has 5 heteroatoms. The predicted octanol–water partition coefficient (Wildman–Crippen LogP) is 1.37. The molecule has 2 fully saturated rings. The lowest BCUT2D eigenvalue weighted by molar-refractivity contribution is -0.192. The maximum atomic E-state index is 12.0. The van der Waals surface area contributed by atoms with E-state index < -0.39 is 29.6 Å². The van der Waals surface area contributed by atoms with Crippen LogP contribution in [0.25, 0.3) is 0 Å². The summed E-state index contributed by atoms with van der Waals surface area (Å²) in [4.78, 5) is 12.0. The number of aliphatic hydroxyl groups is 1. The first-order chi connectivity index (χ1) is 8.41. The van der Waals surface area contributed by atoms with Crippen LogP contribution in [0.4, 0.5) is 0 Å². The Morgan fingerprint density at radius 2 is 2.17 bits per heavy atom. The van der Waals surface area contributed by atoms with Gasteiger partial charge in [0.05, 0.1) is 12.7 Å². The maximum Gasteiger partial charge on any atom is 0.338 e. The molecular formula is C13H22O5. The van der Waals surface area contributed by atoms with Gasteiger partial charge in [0.2, 0.25) is 0 Å². The number of rotatable bonds is 2. The van der Waals surface area contributed by atoms with Gasteiger partial charge in [0.15, 0.2) is 11.9 Å². The molecule has 3 atom stereocenters. The van der Waals surface area contributed by atoms with Crippen LogP contribution in [0, 0.1) is 0 Å². The number of esters is 1. The van der Waals surface area contributed by atoms with E-state index in [0.717, 1.165) is 12.8 Å². The Morgan fingerprint density at radius 3 is 2.78 bits per heavy atom. The summed E-state index contributed by atoms with van der Waals surface area (Å²) < 4.78 is 16.6. The molecule has 1 saturated carbocycles. The third kappa shape index (κ3) is 2.27. The molecule has 1 aliphatic carbocycles. The van der Waals surface area contributed by atoms with Gasteiger partial charge in [-0.3, -0.25) is 0 Å². The average molecular weight is 258 g/mol. The second-order valence-electron chi connectivity index (χ2n) is 5.47. The van der Waals surface area contributed by atoms with E-state index in [1.165, 1.54) is 0 Å². The quantitative estimate of drug-likeness (QED) is 0.758. The van der Waals surface area contributed by atoms with E-state index in [2.05, 4.69) is 0 Å². The highest BCUT2D eigenvalue weighted by Crippen LogP contribution is 2.46. The van der Waals surface area contributed by atoms with Crippen molar-refractivity contribution in [3.63, 3.8) is 0 Å². The van der Waals surface area contributed by atoms with Gasteiger partial charge in [-0.05, 0) is 33.6 Å². The van der Waals surface area contributed by atoms with Crippen LogP contribution in [0.15, 0.2) is 0 Å². The molecule has 0 aromatic heterocycles. The van der Waals surface area contributed by atoms with Gasteiger partial charge in [0.25, 0.3) is 0 Å². The minimum absolute atomic E-state index is 0.297. The molecule has 1 unspecified atom stereocenters. The highest BCUT2D eigenvalue weighted by molar-refractivity contribution is 5.77. The Morgan fingerprint density at radius 1 is 1.44 bits per heavy atom. The van der Waals surface area contributed by atoms with Gasteiger partial charge in [-0.2, -0.15) is 0 Å². The Balaban J connectivity index is 2.27. The van der Waals surface area contributed by atoms with Gasteiger partial charge in [-0.1, -0.05) is 12.8 Å². The van der Waals surface area contributed by atoms with E-state index in [9.17, 15) is 9.90 Å². The summed E-state index contributed by atoms with van der Waals surface area (Å²) in [6, 6.07) is 0. The van der Waals surface area contributed by atoms with Crippen molar-refractivity contribution < 1.29 is 24.1 Å². The molecule has 5 nitrogen and oxygen atoms in total. The number of carbonyl (C=O) groups excluding carboxylic acids is 1. The first kappa shape index (κ1) is 13.8. The van der Waals surface area contributed by atoms with E-state index in [0.29, 0.717) is 19.4 Å². The molecule has 0 bridgehead atoms. The third-order valence-electron chi connectivity index (χ3n) is 3.64. The van der Waals surface area contributed by atoms with Crippen LogP contribution >= 0.6 is 0 Å². The third-order valence-corrected chi connectivity index (χ3v) is 3.64. The first-order valence-electron chi connectivity index (χ1n) is 6.64. The minimum Gasteiger partial charge on any atom is -0.464 e. The lowest BCUT2D eigenvalue weighted by Crippen LogP contribution is -2.55. The van der Waals surface area contributed by atoms with Crippen molar-refractivity contribution in [2.24, 2.45) is 0 Å². The van der Waals surface area contributed by atoms with Crippen molar-refractivity contribution in [3.8, 4) is 0 Å². The summed E-state index contributed by atoms with van der Waals surface area (Å²) in [6.45, 7) is 5.57. The highest BCUT2D eigenvalue weighted by Gasteiger charge is 2.61. The first-order valence-corrected chi connectivity index (χ1v) is 6.64. The molecule has 1 heterocycles. The molecule has 1 saturated heterocycles. The van der Waals surface area contributed by atoms with Crippen LogP contribution in [-0.4, -0.2) is 41.3 Å². The zero-order valence-electron chi connectivity index (χ0n) is 11.3. The lowest BCUT2D eigenvalue weighted by Gasteiger charge is -2.39. The largest absolute Gasteiger partial charge is 0.464 e. The summed E-state index contributed by atoms with van der Waals surface area (Å²) in [6.07, 6.45) is 1.62. The fourth-order valence-corrected chi connectivity index (χ4v) is 2.96. The summed E-state index contributed by atoms with van der Waals surface area (Å²) in [5.41, 5.74) is -0.937. The number of aliphatic hydroxyl groups excluding tert-OH is 1. The number of hydrogen-bond acceptors (Lipinski definition) is 5. The minimum atomic E-state index is -0.937. The van der Waals surface area contributed by atoms with E-state index >= 15 is 0 Å². The average Bonchev–Trinajstić information content (AvgIpc) is 2.56. The van der Waals surface area contributed by atoms with E-state index in [1.54, 1.807) is 20.8 Å². The maximum absolute atomic E-state index is 12.0. The number of carbonyl (C=O) groups is 1. The fraction of sp³-hybridized carbons (Fsp3) is 0.923. The predicted molar refractivity (Wildman–Crippen MR) is 63.9 cm³/mol. The second kappa shape index (κ2) is 4.79. The van der Waals surface area contributed by atoms with Gasteiger partial charge >= 0.3 is 5.97 Å². The van der Waals surface area contributed by atoms with Gasteiger partial charge in [-0.25, -0.2) is 4.79 Å². The summed E-state index contributed by atoms with van der Waals surface area (Å²) in [7, 11) is 0. The SMILES string of the molecule is CCOC(=O)[C@H]1OC(C)(C)O[C@@]12CCCCC2O. The summed E-state index contributed by atoms with van der Waals surface area (Å²) in [5, 5.41) is 10.3. The molecule has 2 rings (SSSR count). The molecule has 1 aliphatic heterocycles. The van der Waals surface area contributed by atoms with Crippen molar-refractivity contribution in [2.45, 2.75) is 70.1 Å². The standard InChI is InChI=1S/C13H22O5/c1-4-16-11(15)10-13(18-12(2,3)17-10)8-6-5-7-9(13)14/h9-10,14H,4-8H2,1-3H3/t9?,10-,13-/m1/s1. The molecular weight excluding hydrogens is 236 g/mol. The Bertz CT molecular complexity index is 327. The van der Waals surface area contributed by atoms with Crippen LogP contribution < -0.4 is 0 Å². The van der Waals surface area contributed by atoms with Crippen molar-refractivity contribution in [2.75, 3.05) is 6.61 Å². The molecule has 0 radical (unpaired) electrons. The second-order valence-corrected chi connectivity index (χ2v) is 5.47. The van der Waals surface area contributed by atoms with Gasteiger partial charge in [-0.15, -0.1) is 0 Å². The zero-order chi connectivity index (χ0) is 13.4. The molecule has 0 aromatic carbocycles. The van der Waals surface area contributed by atoms with Crippen molar-refractivity contribution in [3.05, 3.63) is 0 Å². The lowest BCUT2D eigenvalue weighted by atomic mass is 9.78. The fourth-order valence-electron chi connectivity index (χ4n) is 2.96. The Kier molecular flexibility index (Phi) is 3.67. The molecule has 2 aliphatic rings. The normalized spacial score (nSPS) is 38.9. The smallest absolute Gasteiger partial charge is 0.338 e. The van der Waals surface area contributed by atoms with Crippen LogP contribution in [0.5, 0.6) is 0 Å². The number of ether oxygens (including phenoxy) is 3. The number of hydrogen-bond donors (Lipinski definition) is 1. The van der Waals surface area contributed by atoms with Crippen LogP contribution in [0.2, 0.25) is 0 Å². The van der Waals surface area contributed by atoms with Crippen molar-refractivity contribution >= 4 is 5.97 Å². The zero-order valence-corrected chi connectivity index (χ0v) is 11.3. The molecule has 1 spiro atoms. The Labute approximate surface area is 107 Å². The van der Waals surface area contributed by atoms with Crippen molar-refractivity contribution in [1.82, 2.24) is 0 Å². The molecule has 18 heavy (non-hydrogen) atoms. The van der Waals surface area contributed by atoms with Crippen LogP contribution in [0.1, 0.15) is 46.5 Å². The topological polar surface area (TPSA) is 65.0 Å². The Hall–Kier alpha value is -0.650. The van der Waals surface area contributed by atoms with Crippen LogP contribution in [0.3, 0.4) is 0 Å². The van der Waals surface area contributed by atoms with Crippen molar-refractivity contribution in [1.29, 1.82) is 0 Å². The summed E-state index contributed by atoms with van der Waals surface area (Å²) >= 11 is 0. The monoisotopic (exact) mass is 258 g/mol. The van der Waals surface area contributed by atoms with Gasteiger partial charge in [0.1, 0.15) is 5.60 Å². The molecule has 0 amide bonds. The van der Waals surface area contributed by atoms with E-state index in [-0.39, 0.29) is 0 Å². The molecule has 1 N–H and O–H groups in total. The molecule has 0 aromatic rings. The summed E-state index contributed by atoms with van der Waals surface area (Å²) in [5.74, 6) is -1.31. The van der Waals surface area contributed by atoms with Gasteiger partial charge < -0.3 is 19.3 Å². The molecule has 104 valence electrons. The highest BCUT2D eigenvalue weighted by atomic mass is 16.8.